The summed E-state index contributed by atoms with van der Waals surface area (Å²) in [5, 5.41) is 5.48. The Labute approximate surface area is 179 Å². The minimum atomic E-state index is -0.573. The molecule has 0 saturated carbocycles. The third-order valence-electron chi connectivity index (χ3n) is 5.59. The van der Waals surface area contributed by atoms with Crippen LogP contribution in [0, 0.1) is 0 Å². The van der Waals surface area contributed by atoms with Crippen molar-refractivity contribution in [3.8, 4) is 0 Å². The van der Waals surface area contributed by atoms with Gasteiger partial charge in [0, 0.05) is 46.0 Å². The van der Waals surface area contributed by atoms with Crippen molar-refractivity contribution in [1.29, 1.82) is 0 Å². The van der Waals surface area contributed by atoms with Crippen LogP contribution in [0.4, 0.5) is 5.69 Å². The zero-order valence-corrected chi connectivity index (χ0v) is 18.1. The highest BCUT2D eigenvalue weighted by Crippen LogP contribution is 2.28. The van der Waals surface area contributed by atoms with Gasteiger partial charge in [-0.1, -0.05) is 43.3 Å². The van der Waals surface area contributed by atoms with Crippen molar-refractivity contribution in [2.45, 2.75) is 32.4 Å². The molecule has 0 fully saturated rings. The molecule has 30 heavy (non-hydrogen) atoms. The average molecular weight is 409 g/mol. The lowest BCUT2D eigenvalue weighted by Gasteiger charge is -2.36. The highest BCUT2D eigenvalue weighted by molar-refractivity contribution is 6.35. The summed E-state index contributed by atoms with van der Waals surface area (Å²) < 4.78 is 0. The molecule has 6 heteroatoms. The molecule has 6 nitrogen and oxygen atoms in total. The monoisotopic (exact) mass is 408 g/mol. The molecule has 160 valence electrons. The zero-order valence-electron chi connectivity index (χ0n) is 18.1. The van der Waals surface area contributed by atoms with Crippen LogP contribution in [0.5, 0.6) is 0 Å². The zero-order chi connectivity index (χ0) is 21.5. The summed E-state index contributed by atoms with van der Waals surface area (Å²) in [5.41, 5.74) is 4.97. The summed E-state index contributed by atoms with van der Waals surface area (Å²) in [6, 6.07) is 16.9. The molecule has 2 aromatic carbocycles. The van der Waals surface area contributed by atoms with Crippen molar-refractivity contribution in [2.24, 2.45) is 0 Å². The first-order valence-corrected chi connectivity index (χ1v) is 10.6. The first kappa shape index (κ1) is 21.8. The molecule has 0 spiro atoms. The Morgan fingerprint density at radius 1 is 1.00 bits per heavy atom. The highest BCUT2D eigenvalue weighted by Gasteiger charge is 2.26. The van der Waals surface area contributed by atoms with Crippen molar-refractivity contribution in [1.82, 2.24) is 15.5 Å². The maximum absolute atomic E-state index is 12.3. The quantitative estimate of drug-likeness (QED) is 0.691. The Morgan fingerprint density at radius 3 is 2.33 bits per heavy atom. The van der Waals surface area contributed by atoms with Gasteiger partial charge in [-0.2, -0.15) is 0 Å². The second kappa shape index (κ2) is 10.3. The van der Waals surface area contributed by atoms with Gasteiger partial charge >= 0.3 is 11.8 Å². The van der Waals surface area contributed by atoms with E-state index >= 15 is 0 Å². The van der Waals surface area contributed by atoms with E-state index in [1.807, 2.05) is 21.0 Å². The predicted molar refractivity (Wildman–Crippen MR) is 120 cm³/mol. The van der Waals surface area contributed by atoms with Gasteiger partial charge in [0.15, 0.2) is 0 Å². The Balaban J connectivity index is 1.77. The second-order valence-electron chi connectivity index (χ2n) is 7.96. The smallest absolute Gasteiger partial charge is 0.309 e. The molecule has 2 N–H and O–H groups in total. The summed E-state index contributed by atoms with van der Waals surface area (Å²) in [6.45, 7) is 4.59. The largest absolute Gasteiger partial charge is 0.378 e. The maximum atomic E-state index is 12.3. The minimum Gasteiger partial charge on any atom is -0.378 e. The van der Waals surface area contributed by atoms with Gasteiger partial charge in [-0.05, 0) is 41.7 Å². The number of benzene rings is 2. The van der Waals surface area contributed by atoms with Gasteiger partial charge in [-0.15, -0.1) is 0 Å². The molecule has 1 atom stereocenters. The third kappa shape index (κ3) is 5.39. The van der Waals surface area contributed by atoms with E-state index in [-0.39, 0.29) is 6.04 Å². The van der Waals surface area contributed by atoms with Crippen molar-refractivity contribution < 1.29 is 9.59 Å². The Bertz CT molecular complexity index is 864. The number of nitrogens with zero attached hydrogens (tertiary/aromatic N) is 2. The lowest BCUT2D eigenvalue weighted by atomic mass is 9.96. The SMILES string of the molecule is CCCNC(=O)C(=O)NC[C@H](c1ccc(N(C)C)cc1)N1CCc2ccccc2C1. The minimum absolute atomic E-state index is 0.00232. The molecule has 0 aliphatic carbocycles. The van der Waals surface area contributed by atoms with Gasteiger partial charge in [0.2, 0.25) is 0 Å². The van der Waals surface area contributed by atoms with E-state index in [9.17, 15) is 9.59 Å². The molecule has 0 radical (unpaired) electrons. The topological polar surface area (TPSA) is 64.7 Å². The highest BCUT2D eigenvalue weighted by atomic mass is 16.2. The van der Waals surface area contributed by atoms with Gasteiger partial charge in [0.25, 0.3) is 0 Å². The number of hydrogen-bond donors (Lipinski definition) is 2. The van der Waals surface area contributed by atoms with Gasteiger partial charge in [-0.3, -0.25) is 14.5 Å². The summed E-state index contributed by atoms with van der Waals surface area (Å²) >= 11 is 0. The van der Waals surface area contributed by atoms with Crippen LogP contribution in [0.1, 0.15) is 36.1 Å². The van der Waals surface area contributed by atoms with Crippen LogP contribution in [-0.2, 0) is 22.6 Å². The summed E-state index contributed by atoms with van der Waals surface area (Å²) in [6.07, 6.45) is 1.78. The number of amides is 2. The van der Waals surface area contributed by atoms with E-state index in [4.69, 9.17) is 0 Å². The predicted octanol–water partition coefficient (Wildman–Crippen LogP) is 2.49. The van der Waals surface area contributed by atoms with Gasteiger partial charge in [-0.25, -0.2) is 0 Å². The number of nitrogens with one attached hydrogen (secondary N) is 2. The Kier molecular flexibility index (Phi) is 7.46. The fraction of sp³-hybridized carbons (Fsp3) is 0.417. The van der Waals surface area contributed by atoms with Crippen LogP contribution in [0.3, 0.4) is 0 Å². The average Bonchev–Trinajstić information content (AvgIpc) is 2.77. The molecule has 0 saturated heterocycles. The number of fused-ring (bicyclic) bond motifs is 1. The molecular weight excluding hydrogens is 376 g/mol. The summed E-state index contributed by atoms with van der Waals surface area (Å²) in [7, 11) is 4.03. The van der Waals surface area contributed by atoms with E-state index in [1.54, 1.807) is 0 Å². The molecule has 1 aliphatic rings. The van der Waals surface area contributed by atoms with E-state index in [0.717, 1.165) is 37.2 Å². The van der Waals surface area contributed by atoms with Crippen molar-refractivity contribution in [3.63, 3.8) is 0 Å². The first-order valence-electron chi connectivity index (χ1n) is 10.6. The van der Waals surface area contributed by atoms with Crippen LogP contribution in [-0.4, -0.2) is 50.4 Å². The maximum Gasteiger partial charge on any atom is 0.309 e. The molecule has 2 aromatic rings. The molecule has 3 rings (SSSR count). The van der Waals surface area contributed by atoms with E-state index in [0.29, 0.717) is 13.1 Å². The normalized spacial score (nSPS) is 14.5. The van der Waals surface area contributed by atoms with Gasteiger partial charge in [0.05, 0.1) is 6.04 Å². The molecule has 1 heterocycles. The van der Waals surface area contributed by atoms with E-state index < -0.39 is 11.8 Å². The van der Waals surface area contributed by atoms with Crippen molar-refractivity contribution in [2.75, 3.05) is 38.6 Å². The fourth-order valence-electron chi connectivity index (χ4n) is 3.82. The van der Waals surface area contributed by atoms with Crippen molar-refractivity contribution >= 4 is 17.5 Å². The molecule has 2 amide bonds. The van der Waals surface area contributed by atoms with Crippen molar-refractivity contribution in [3.05, 3.63) is 65.2 Å². The molecule has 0 unspecified atom stereocenters. The second-order valence-corrected chi connectivity index (χ2v) is 7.96. The molecule has 1 aliphatic heterocycles. The molecular formula is C24H32N4O2. The first-order chi connectivity index (χ1) is 14.5. The lowest BCUT2D eigenvalue weighted by Crippen LogP contribution is -2.45. The fourth-order valence-corrected chi connectivity index (χ4v) is 3.82. The number of rotatable bonds is 7. The molecule has 0 aromatic heterocycles. The number of anilines is 1. The standard InChI is InChI=1S/C24H32N4O2/c1-4-14-25-23(29)24(30)26-16-22(19-9-11-21(12-10-19)27(2)3)28-15-13-18-7-5-6-8-20(18)17-28/h5-12,22H,4,13-17H2,1-3H3,(H,25,29)(H,26,30)/t22-/m1/s1. The van der Waals surface area contributed by atoms with Gasteiger partial charge in [0.1, 0.15) is 0 Å². The van der Waals surface area contributed by atoms with Crippen LogP contribution in [0.25, 0.3) is 0 Å². The summed E-state index contributed by atoms with van der Waals surface area (Å²) in [4.78, 5) is 28.7. The Morgan fingerprint density at radius 2 is 1.67 bits per heavy atom. The van der Waals surface area contributed by atoms with E-state index in [2.05, 4.69) is 69.0 Å². The third-order valence-corrected chi connectivity index (χ3v) is 5.59. The Hall–Kier alpha value is -2.86. The number of carbonyl (C=O) groups is 2. The van der Waals surface area contributed by atoms with E-state index in [1.165, 1.54) is 11.1 Å². The van der Waals surface area contributed by atoms with Crippen LogP contribution >= 0.6 is 0 Å². The van der Waals surface area contributed by atoms with Crippen LogP contribution < -0.4 is 15.5 Å². The lowest BCUT2D eigenvalue weighted by molar-refractivity contribution is -0.139. The number of carbonyl (C=O) groups excluding carboxylic acids is 2. The van der Waals surface area contributed by atoms with Crippen LogP contribution in [0.15, 0.2) is 48.5 Å². The van der Waals surface area contributed by atoms with Crippen LogP contribution in [0.2, 0.25) is 0 Å². The molecule has 0 bridgehead atoms. The van der Waals surface area contributed by atoms with Gasteiger partial charge < -0.3 is 15.5 Å². The summed E-state index contributed by atoms with van der Waals surface area (Å²) in [5.74, 6) is -1.14. The number of hydrogen-bond acceptors (Lipinski definition) is 4.